The van der Waals surface area contributed by atoms with Crippen molar-refractivity contribution < 1.29 is 14.7 Å². The van der Waals surface area contributed by atoms with E-state index in [0.717, 1.165) is 18.3 Å². The summed E-state index contributed by atoms with van der Waals surface area (Å²) >= 11 is 0. The van der Waals surface area contributed by atoms with Gasteiger partial charge in [0.25, 0.3) is 0 Å². The molecule has 0 aliphatic heterocycles. The average molecular weight is 298 g/mol. The van der Waals surface area contributed by atoms with Crippen LogP contribution in [0.4, 0.5) is 4.79 Å². The van der Waals surface area contributed by atoms with E-state index in [9.17, 15) is 9.59 Å². The number of carbonyl (C=O) groups is 2. The first-order valence-electron chi connectivity index (χ1n) is 8.14. The summed E-state index contributed by atoms with van der Waals surface area (Å²) in [5, 5.41) is 14.6. The molecule has 0 aromatic heterocycles. The molecule has 0 aromatic carbocycles. The summed E-state index contributed by atoms with van der Waals surface area (Å²) < 4.78 is 0. The molecule has 3 atom stereocenters. The van der Waals surface area contributed by atoms with Gasteiger partial charge in [-0.05, 0) is 30.6 Å². The van der Waals surface area contributed by atoms with Crippen LogP contribution in [0.2, 0.25) is 0 Å². The van der Waals surface area contributed by atoms with Gasteiger partial charge in [0.15, 0.2) is 0 Å². The van der Waals surface area contributed by atoms with E-state index in [4.69, 9.17) is 5.11 Å². The lowest BCUT2D eigenvalue weighted by Gasteiger charge is -2.26. The Balaban J connectivity index is 2.17. The van der Waals surface area contributed by atoms with Gasteiger partial charge in [-0.15, -0.1) is 0 Å². The van der Waals surface area contributed by atoms with Crippen LogP contribution in [0, 0.1) is 23.7 Å². The number of rotatable bonds is 7. The summed E-state index contributed by atoms with van der Waals surface area (Å²) in [6.07, 6.45) is 6.17. The largest absolute Gasteiger partial charge is 0.481 e. The van der Waals surface area contributed by atoms with Gasteiger partial charge in [0.2, 0.25) is 0 Å². The van der Waals surface area contributed by atoms with Crippen molar-refractivity contribution in [2.24, 2.45) is 23.7 Å². The van der Waals surface area contributed by atoms with Crippen molar-refractivity contribution in [1.82, 2.24) is 10.6 Å². The fourth-order valence-electron chi connectivity index (χ4n) is 3.09. The highest BCUT2D eigenvalue weighted by atomic mass is 16.4. The molecule has 5 nitrogen and oxygen atoms in total. The Morgan fingerprint density at radius 1 is 1.24 bits per heavy atom. The minimum absolute atomic E-state index is 0.00604. The van der Waals surface area contributed by atoms with Gasteiger partial charge < -0.3 is 15.7 Å². The number of aliphatic carboxylic acids is 1. The van der Waals surface area contributed by atoms with Crippen molar-refractivity contribution in [2.75, 3.05) is 13.1 Å². The van der Waals surface area contributed by atoms with Crippen molar-refractivity contribution in [1.29, 1.82) is 0 Å². The number of urea groups is 1. The molecule has 0 aromatic rings. The maximum atomic E-state index is 11.7. The standard InChI is InChI=1S/C16H30N2O3/c1-11(2)14(15(19)20)10-18-16(21)17-8-7-13-6-4-5-12(3)9-13/h11-14H,4-10H2,1-3H3,(H,19,20)(H2,17,18,21). The third kappa shape index (κ3) is 6.82. The van der Waals surface area contributed by atoms with Gasteiger partial charge >= 0.3 is 12.0 Å². The highest BCUT2D eigenvalue weighted by molar-refractivity contribution is 5.75. The van der Waals surface area contributed by atoms with Crippen molar-refractivity contribution in [3.05, 3.63) is 0 Å². The topological polar surface area (TPSA) is 78.4 Å². The zero-order valence-electron chi connectivity index (χ0n) is 13.5. The van der Waals surface area contributed by atoms with Crippen LogP contribution >= 0.6 is 0 Å². The molecule has 1 aliphatic rings. The molecule has 0 saturated heterocycles. The SMILES string of the molecule is CC1CCCC(CCNC(=O)NCC(C(=O)O)C(C)C)C1. The number of nitrogens with one attached hydrogen (secondary N) is 2. The highest BCUT2D eigenvalue weighted by Gasteiger charge is 2.22. The fraction of sp³-hybridized carbons (Fsp3) is 0.875. The molecule has 3 unspecified atom stereocenters. The highest BCUT2D eigenvalue weighted by Crippen LogP contribution is 2.30. The summed E-state index contributed by atoms with van der Waals surface area (Å²) in [4.78, 5) is 22.7. The van der Waals surface area contributed by atoms with E-state index < -0.39 is 11.9 Å². The molecular formula is C16H30N2O3. The molecule has 5 heteroatoms. The van der Waals surface area contributed by atoms with Gasteiger partial charge in [-0.25, -0.2) is 4.79 Å². The van der Waals surface area contributed by atoms with E-state index in [2.05, 4.69) is 17.6 Å². The van der Waals surface area contributed by atoms with Crippen LogP contribution in [0.5, 0.6) is 0 Å². The van der Waals surface area contributed by atoms with E-state index in [1.54, 1.807) is 0 Å². The van der Waals surface area contributed by atoms with E-state index in [1.807, 2.05) is 13.8 Å². The Morgan fingerprint density at radius 3 is 2.52 bits per heavy atom. The van der Waals surface area contributed by atoms with Gasteiger partial charge in [-0.2, -0.15) is 0 Å². The molecule has 1 fully saturated rings. The summed E-state index contributed by atoms with van der Waals surface area (Å²) in [6, 6.07) is -0.259. The minimum Gasteiger partial charge on any atom is -0.481 e. The van der Waals surface area contributed by atoms with Crippen LogP contribution in [0.15, 0.2) is 0 Å². The van der Waals surface area contributed by atoms with Gasteiger partial charge in [0.1, 0.15) is 0 Å². The second-order valence-corrected chi connectivity index (χ2v) is 6.75. The first-order valence-corrected chi connectivity index (χ1v) is 8.14. The fourth-order valence-corrected chi connectivity index (χ4v) is 3.09. The quantitative estimate of drug-likeness (QED) is 0.676. The minimum atomic E-state index is -0.860. The third-order valence-electron chi connectivity index (χ3n) is 4.49. The molecule has 0 heterocycles. The number of amides is 2. The predicted molar refractivity (Wildman–Crippen MR) is 83.1 cm³/mol. The maximum absolute atomic E-state index is 11.7. The van der Waals surface area contributed by atoms with Crippen LogP contribution in [-0.2, 0) is 4.79 Å². The van der Waals surface area contributed by atoms with Gasteiger partial charge in [-0.1, -0.05) is 40.0 Å². The second kappa shape index (κ2) is 8.90. The lowest BCUT2D eigenvalue weighted by molar-refractivity contribution is -0.142. The molecule has 0 spiro atoms. The normalized spacial score (nSPS) is 23.6. The Hall–Kier alpha value is -1.26. The second-order valence-electron chi connectivity index (χ2n) is 6.75. The lowest BCUT2D eigenvalue weighted by Crippen LogP contribution is -2.41. The summed E-state index contributed by atoms with van der Waals surface area (Å²) in [7, 11) is 0. The van der Waals surface area contributed by atoms with E-state index in [0.29, 0.717) is 6.54 Å². The molecule has 3 N–H and O–H groups in total. The van der Waals surface area contributed by atoms with Crippen LogP contribution in [0.25, 0.3) is 0 Å². The Bertz CT molecular complexity index is 344. The first kappa shape index (κ1) is 17.8. The molecule has 1 aliphatic carbocycles. The van der Waals surface area contributed by atoms with Crippen LogP contribution in [0.1, 0.15) is 52.9 Å². The van der Waals surface area contributed by atoms with E-state index >= 15 is 0 Å². The molecule has 0 radical (unpaired) electrons. The zero-order valence-corrected chi connectivity index (χ0v) is 13.5. The van der Waals surface area contributed by atoms with Gasteiger partial charge in [0, 0.05) is 13.1 Å². The lowest BCUT2D eigenvalue weighted by atomic mass is 9.81. The first-order chi connectivity index (χ1) is 9.90. The molecule has 122 valence electrons. The Labute approximate surface area is 127 Å². The van der Waals surface area contributed by atoms with Gasteiger partial charge in [0.05, 0.1) is 5.92 Å². The Kier molecular flexibility index (Phi) is 7.54. The van der Waals surface area contributed by atoms with Gasteiger partial charge in [-0.3, -0.25) is 4.79 Å². The van der Waals surface area contributed by atoms with Crippen molar-refractivity contribution in [3.63, 3.8) is 0 Å². The molecule has 21 heavy (non-hydrogen) atoms. The monoisotopic (exact) mass is 298 g/mol. The summed E-state index contributed by atoms with van der Waals surface area (Å²) in [5.74, 6) is 0.138. The number of hydrogen-bond acceptors (Lipinski definition) is 2. The molecule has 1 saturated carbocycles. The van der Waals surface area contributed by atoms with Crippen molar-refractivity contribution in [3.8, 4) is 0 Å². The van der Waals surface area contributed by atoms with Crippen LogP contribution in [-0.4, -0.2) is 30.2 Å². The van der Waals surface area contributed by atoms with Crippen LogP contribution < -0.4 is 10.6 Å². The smallest absolute Gasteiger partial charge is 0.314 e. The number of carbonyl (C=O) groups excluding carboxylic acids is 1. The van der Waals surface area contributed by atoms with E-state index in [1.165, 1.54) is 25.7 Å². The Morgan fingerprint density at radius 2 is 1.95 bits per heavy atom. The van der Waals surface area contributed by atoms with E-state index in [-0.39, 0.29) is 18.5 Å². The molecule has 0 bridgehead atoms. The van der Waals surface area contributed by atoms with Crippen molar-refractivity contribution in [2.45, 2.75) is 52.9 Å². The average Bonchev–Trinajstić information content (AvgIpc) is 2.38. The zero-order chi connectivity index (χ0) is 15.8. The maximum Gasteiger partial charge on any atom is 0.314 e. The van der Waals surface area contributed by atoms with Crippen molar-refractivity contribution >= 4 is 12.0 Å². The number of carboxylic acids is 1. The number of carboxylic acid groups (broad SMARTS) is 1. The molecular weight excluding hydrogens is 268 g/mol. The van der Waals surface area contributed by atoms with Crippen LogP contribution in [0.3, 0.4) is 0 Å². The summed E-state index contributed by atoms with van der Waals surface area (Å²) in [5.41, 5.74) is 0. The third-order valence-corrected chi connectivity index (χ3v) is 4.49. The molecule has 1 rings (SSSR count). The number of hydrogen-bond donors (Lipinski definition) is 3. The predicted octanol–water partition coefficient (Wildman–Crippen LogP) is 2.86. The molecule has 2 amide bonds. The summed E-state index contributed by atoms with van der Waals surface area (Å²) in [6.45, 7) is 6.84.